The van der Waals surface area contributed by atoms with Crippen molar-refractivity contribution in [2.75, 3.05) is 12.4 Å². The smallest absolute Gasteiger partial charge is 0.224 e. The topological polar surface area (TPSA) is 47.0 Å². The first kappa shape index (κ1) is 15.4. The monoisotopic (exact) mass is 375 g/mol. The van der Waals surface area contributed by atoms with Crippen molar-refractivity contribution >= 4 is 44.9 Å². The molecule has 1 heterocycles. The van der Waals surface area contributed by atoms with E-state index in [2.05, 4.69) is 31.2 Å². The summed E-state index contributed by atoms with van der Waals surface area (Å²) in [5.74, 6) is 2.24. The fourth-order valence-corrected chi connectivity index (χ4v) is 2.34. The lowest BCUT2D eigenvalue weighted by atomic mass is 10.3. The van der Waals surface area contributed by atoms with E-state index in [-0.39, 0.29) is 0 Å². The molecule has 1 aromatic heterocycles. The van der Waals surface area contributed by atoms with Gasteiger partial charge in [0.1, 0.15) is 17.4 Å². The molecule has 0 radical (unpaired) electrons. The summed E-state index contributed by atoms with van der Waals surface area (Å²) in [5.41, 5.74) is 0. The predicted octanol–water partition coefficient (Wildman–Crippen LogP) is 4.94. The van der Waals surface area contributed by atoms with Crippen LogP contribution in [0.3, 0.4) is 0 Å². The molecule has 2 rings (SSSR count). The standard InChI is InChI=1S/C13H12BrCl2N3O/c1-3-11-18-12(17-2)6-13(19-11)20-10-5-8(15)7(14)4-9(10)16/h4-6H,3H2,1-2H3,(H,17,18,19). The molecular formula is C13H12BrCl2N3O. The molecule has 1 aromatic carbocycles. The highest BCUT2D eigenvalue weighted by Gasteiger charge is 2.10. The predicted molar refractivity (Wildman–Crippen MR) is 85.2 cm³/mol. The van der Waals surface area contributed by atoms with Crippen molar-refractivity contribution in [3.8, 4) is 11.6 Å². The number of benzene rings is 1. The first-order valence-corrected chi connectivity index (χ1v) is 7.46. The number of ether oxygens (including phenoxy) is 1. The second kappa shape index (κ2) is 6.61. The SMILES string of the molecule is CCc1nc(NC)cc(Oc2cc(Cl)c(Br)cc2Cl)n1. The molecule has 0 saturated carbocycles. The summed E-state index contributed by atoms with van der Waals surface area (Å²) >= 11 is 15.5. The third-order valence-corrected chi connectivity index (χ3v) is 4.00. The van der Waals surface area contributed by atoms with Crippen molar-refractivity contribution < 1.29 is 4.74 Å². The number of nitrogens with zero attached hydrogens (tertiary/aromatic N) is 2. The Bertz CT molecular complexity index is 615. The Hall–Kier alpha value is -1.04. The normalized spacial score (nSPS) is 10.4. The van der Waals surface area contributed by atoms with Crippen molar-refractivity contribution in [2.45, 2.75) is 13.3 Å². The lowest BCUT2D eigenvalue weighted by Crippen LogP contribution is -2.01. The molecule has 106 valence electrons. The van der Waals surface area contributed by atoms with Crippen molar-refractivity contribution in [1.29, 1.82) is 0 Å². The van der Waals surface area contributed by atoms with E-state index in [4.69, 9.17) is 27.9 Å². The fraction of sp³-hybridized carbons (Fsp3) is 0.231. The van der Waals surface area contributed by atoms with Gasteiger partial charge in [-0.05, 0) is 22.0 Å². The number of hydrogen-bond donors (Lipinski definition) is 1. The highest BCUT2D eigenvalue weighted by atomic mass is 79.9. The van der Waals surface area contributed by atoms with Crippen molar-refractivity contribution in [2.24, 2.45) is 0 Å². The summed E-state index contributed by atoms with van der Waals surface area (Å²) in [4.78, 5) is 8.60. The zero-order chi connectivity index (χ0) is 14.7. The summed E-state index contributed by atoms with van der Waals surface area (Å²) in [6, 6.07) is 5.02. The van der Waals surface area contributed by atoms with Crippen LogP contribution in [0.2, 0.25) is 10.0 Å². The van der Waals surface area contributed by atoms with Gasteiger partial charge in [0.25, 0.3) is 0 Å². The maximum absolute atomic E-state index is 6.13. The molecule has 0 amide bonds. The van der Waals surface area contributed by atoms with Gasteiger partial charge in [-0.1, -0.05) is 30.1 Å². The number of anilines is 1. The van der Waals surface area contributed by atoms with Gasteiger partial charge in [-0.25, -0.2) is 4.98 Å². The molecule has 0 aliphatic heterocycles. The van der Waals surface area contributed by atoms with E-state index in [1.54, 1.807) is 25.2 Å². The molecule has 7 heteroatoms. The minimum atomic E-state index is 0.418. The summed E-state index contributed by atoms with van der Waals surface area (Å²) in [6.07, 6.45) is 0.709. The van der Waals surface area contributed by atoms with Gasteiger partial charge < -0.3 is 10.1 Å². The Morgan fingerprint density at radius 2 is 1.95 bits per heavy atom. The van der Waals surface area contributed by atoms with E-state index in [0.29, 0.717) is 44.2 Å². The van der Waals surface area contributed by atoms with Gasteiger partial charge in [-0.2, -0.15) is 4.98 Å². The van der Waals surface area contributed by atoms with Gasteiger partial charge in [0, 0.05) is 30.1 Å². The molecule has 0 unspecified atom stereocenters. The molecule has 0 fully saturated rings. The lowest BCUT2D eigenvalue weighted by Gasteiger charge is -2.10. The number of aryl methyl sites for hydroxylation is 1. The van der Waals surface area contributed by atoms with Gasteiger partial charge in [0.05, 0.1) is 10.0 Å². The van der Waals surface area contributed by atoms with Gasteiger partial charge in [-0.3, -0.25) is 0 Å². The van der Waals surface area contributed by atoms with Gasteiger partial charge in [-0.15, -0.1) is 0 Å². The van der Waals surface area contributed by atoms with Crippen LogP contribution in [0.25, 0.3) is 0 Å². The van der Waals surface area contributed by atoms with Gasteiger partial charge >= 0.3 is 0 Å². The highest BCUT2D eigenvalue weighted by Crippen LogP contribution is 2.36. The summed E-state index contributed by atoms with van der Waals surface area (Å²) in [6.45, 7) is 1.97. The van der Waals surface area contributed by atoms with Crippen molar-refractivity contribution in [3.05, 3.63) is 38.5 Å². The van der Waals surface area contributed by atoms with Crippen molar-refractivity contribution in [1.82, 2.24) is 9.97 Å². The maximum atomic E-state index is 6.13. The van der Waals surface area contributed by atoms with E-state index in [0.717, 1.165) is 0 Å². The summed E-state index contributed by atoms with van der Waals surface area (Å²) < 4.78 is 6.41. The van der Waals surface area contributed by atoms with Crippen LogP contribution in [0, 0.1) is 0 Å². The van der Waals surface area contributed by atoms with Crippen LogP contribution in [0.1, 0.15) is 12.7 Å². The molecule has 0 aliphatic carbocycles. The Morgan fingerprint density at radius 1 is 1.20 bits per heavy atom. The Labute approximate surface area is 135 Å². The maximum Gasteiger partial charge on any atom is 0.224 e. The van der Waals surface area contributed by atoms with E-state index in [9.17, 15) is 0 Å². The zero-order valence-corrected chi connectivity index (χ0v) is 14.0. The average Bonchev–Trinajstić information content (AvgIpc) is 2.44. The quantitative estimate of drug-likeness (QED) is 0.767. The minimum absolute atomic E-state index is 0.418. The number of rotatable bonds is 4. The molecule has 0 atom stereocenters. The molecule has 0 bridgehead atoms. The van der Waals surface area contributed by atoms with Gasteiger partial charge in [0.15, 0.2) is 0 Å². The molecule has 0 saturated heterocycles. The average molecular weight is 377 g/mol. The van der Waals surface area contributed by atoms with Crippen LogP contribution in [0.15, 0.2) is 22.7 Å². The Morgan fingerprint density at radius 3 is 2.60 bits per heavy atom. The molecule has 1 N–H and O–H groups in total. The van der Waals surface area contributed by atoms with Crippen LogP contribution in [0.4, 0.5) is 5.82 Å². The van der Waals surface area contributed by atoms with E-state index in [1.807, 2.05) is 6.92 Å². The van der Waals surface area contributed by atoms with Crippen LogP contribution in [-0.2, 0) is 6.42 Å². The minimum Gasteiger partial charge on any atom is -0.437 e. The van der Waals surface area contributed by atoms with Crippen LogP contribution < -0.4 is 10.1 Å². The summed E-state index contributed by atoms with van der Waals surface area (Å²) in [7, 11) is 1.79. The summed E-state index contributed by atoms with van der Waals surface area (Å²) in [5, 5.41) is 3.93. The molecule has 20 heavy (non-hydrogen) atoms. The fourth-order valence-electron chi connectivity index (χ4n) is 1.51. The van der Waals surface area contributed by atoms with E-state index >= 15 is 0 Å². The zero-order valence-electron chi connectivity index (χ0n) is 10.9. The third kappa shape index (κ3) is 3.53. The molecule has 2 aromatic rings. The second-order valence-corrected chi connectivity index (χ2v) is 5.58. The number of nitrogens with one attached hydrogen (secondary N) is 1. The first-order valence-electron chi connectivity index (χ1n) is 5.91. The highest BCUT2D eigenvalue weighted by molar-refractivity contribution is 9.10. The molecule has 0 spiro atoms. The number of hydrogen-bond acceptors (Lipinski definition) is 4. The van der Waals surface area contributed by atoms with Crippen LogP contribution in [0.5, 0.6) is 11.6 Å². The molecular weight excluding hydrogens is 365 g/mol. The van der Waals surface area contributed by atoms with Crippen LogP contribution >= 0.6 is 39.1 Å². The number of aromatic nitrogens is 2. The lowest BCUT2D eigenvalue weighted by molar-refractivity contribution is 0.459. The van der Waals surface area contributed by atoms with Gasteiger partial charge in [0.2, 0.25) is 5.88 Å². The first-order chi connectivity index (χ1) is 9.53. The Balaban J connectivity index is 2.36. The number of halogens is 3. The van der Waals surface area contributed by atoms with Crippen LogP contribution in [-0.4, -0.2) is 17.0 Å². The third-order valence-electron chi connectivity index (χ3n) is 2.51. The van der Waals surface area contributed by atoms with E-state index in [1.165, 1.54) is 0 Å². The largest absolute Gasteiger partial charge is 0.437 e. The van der Waals surface area contributed by atoms with E-state index < -0.39 is 0 Å². The Kier molecular flexibility index (Phi) is 5.07. The second-order valence-electron chi connectivity index (χ2n) is 3.91. The molecule has 4 nitrogen and oxygen atoms in total. The van der Waals surface area contributed by atoms with Crippen molar-refractivity contribution in [3.63, 3.8) is 0 Å². The molecule has 0 aliphatic rings.